The second-order valence-electron chi connectivity index (χ2n) is 3.13. The molecule has 0 aromatic heterocycles. The molecule has 0 N–H and O–H groups in total. The molecule has 0 spiro atoms. The standard InChI is InChI=1S/C13H19NO/c1-6-12(3)8-9-13(7-2)14(4)10-11-15-5/h1,7-9H,3,10-11H2,2,4-5H3/b9-8-,13-7+. The summed E-state index contributed by atoms with van der Waals surface area (Å²) >= 11 is 0. The van der Waals surface area contributed by atoms with Crippen LogP contribution in [0.15, 0.2) is 36.1 Å². The van der Waals surface area contributed by atoms with Crippen LogP contribution in [0.25, 0.3) is 0 Å². The van der Waals surface area contributed by atoms with E-state index in [4.69, 9.17) is 11.2 Å². The second kappa shape index (κ2) is 7.90. The Morgan fingerprint density at radius 1 is 1.53 bits per heavy atom. The Labute approximate surface area is 92.9 Å². The van der Waals surface area contributed by atoms with E-state index < -0.39 is 0 Å². The molecule has 0 saturated carbocycles. The summed E-state index contributed by atoms with van der Waals surface area (Å²) in [7, 11) is 3.70. The minimum atomic E-state index is 0.675. The zero-order valence-electron chi connectivity index (χ0n) is 9.79. The van der Waals surface area contributed by atoms with Crippen molar-refractivity contribution in [3.63, 3.8) is 0 Å². The van der Waals surface area contributed by atoms with Crippen LogP contribution in [-0.4, -0.2) is 32.2 Å². The van der Waals surface area contributed by atoms with Gasteiger partial charge in [-0.05, 0) is 19.1 Å². The van der Waals surface area contributed by atoms with E-state index in [1.54, 1.807) is 7.11 Å². The van der Waals surface area contributed by atoms with E-state index in [0.29, 0.717) is 12.2 Å². The summed E-state index contributed by atoms with van der Waals surface area (Å²) in [4.78, 5) is 2.10. The monoisotopic (exact) mass is 205 g/mol. The van der Waals surface area contributed by atoms with Gasteiger partial charge in [-0.3, -0.25) is 0 Å². The van der Waals surface area contributed by atoms with Gasteiger partial charge in [-0.1, -0.05) is 18.6 Å². The Morgan fingerprint density at radius 3 is 2.67 bits per heavy atom. The van der Waals surface area contributed by atoms with E-state index in [1.807, 2.05) is 32.2 Å². The first-order valence-electron chi connectivity index (χ1n) is 4.85. The molecular formula is C13H19NO. The number of likely N-dealkylation sites (N-methyl/N-ethyl adjacent to an activating group) is 1. The second-order valence-corrected chi connectivity index (χ2v) is 3.13. The lowest BCUT2D eigenvalue weighted by atomic mass is 10.2. The normalized spacial score (nSPS) is 11.5. The Bertz CT molecular complexity index is 294. The number of allylic oxidation sites excluding steroid dienone is 4. The van der Waals surface area contributed by atoms with Gasteiger partial charge >= 0.3 is 0 Å². The summed E-state index contributed by atoms with van der Waals surface area (Å²) in [6.07, 6.45) is 11.0. The van der Waals surface area contributed by atoms with Crippen molar-refractivity contribution in [2.75, 3.05) is 27.3 Å². The Hall–Kier alpha value is -1.46. The molecule has 0 fully saturated rings. The van der Waals surface area contributed by atoms with Gasteiger partial charge in [-0.25, -0.2) is 0 Å². The predicted molar refractivity (Wildman–Crippen MR) is 65.4 cm³/mol. The molecule has 0 amide bonds. The van der Waals surface area contributed by atoms with Crippen molar-refractivity contribution in [1.29, 1.82) is 0 Å². The molecule has 0 aliphatic carbocycles. The fourth-order valence-electron chi connectivity index (χ4n) is 1.04. The van der Waals surface area contributed by atoms with Gasteiger partial charge in [0.25, 0.3) is 0 Å². The summed E-state index contributed by atoms with van der Waals surface area (Å²) in [6, 6.07) is 0. The smallest absolute Gasteiger partial charge is 0.0637 e. The average molecular weight is 205 g/mol. The summed E-state index contributed by atoms with van der Waals surface area (Å²) in [5.41, 5.74) is 1.78. The SMILES string of the molecule is C#CC(=C)/C=C\C(=C/C)N(C)CCOC. The van der Waals surface area contributed by atoms with Gasteiger partial charge in [-0.2, -0.15) is 0 Å². The molecule has 0 atom stereocenters. The van der Waals surface area contributed by atoms with E-state index in [9.17, 15) is 0 Å². The van der Waals surface area contributed by atoms with Crippen LogP contribution in [0.1, 0.15) is 6.92 Å². The molecule has 0 heterocycles. The molecule has 0 bridgehead atoms. The molecule has 0 radical (unpaired) electrons. The summed E-state index contributed by atoms with van der Waals surface area (Å²) in [5, 5.41) is 0. The van der Waals surface area contributed by atoms with Crippen molar-refractivity contribution in [2.24, 2.45) is 0 Å². The molecule has 0 rings (SSSR count). The Morgan fingerprint density at radius 2 is 2.20 bits per heavy atom. The molecule has 0 aromatic carbocycles. The molecule has 15 heavy (non-hydrogen) atoms. The van der Waals surface area contributed by atoms with Gasteiger partial charge in [0.1, 0.15) is 0 Å². The first-order valence-corrected chi connectivity index (χ1v) is 4.85. The molecule has 0 aromatic rings. The molecule has 0 unspecified atom stereocenters. The van der Waals surface area contributed by atoms with Crippen LogP contribution in [-0.2, 0) is 4.74 Å². The summed E-state index contributed by atoms with van der Waals surface area (Å²) in [5.74, 6) is 2.47. The third-order valence-electron chi connectivity index (χ3n) is 2.01. The zero-order valence-corrected chi connectivity index (χ0v) is 9.79. The van der Waals surface area contributed by atoms with E-state index >= 15 is 0 Å². The lowest BCUT2D eigenvalue weighted by molar-refractivity contribution is 0.175. The van der Waals surface area contributed by atoms with E-state index in [1.165, 1.54) is 0 Å². The van der Waals surface area contributed by atoms with Crippen molar-refractivity contribution < 1.29 is 4.74 Å². The van der Waals surface area contributed by atoms with Gasteiger partial charge in [0.2, 0.25) is 0 Å². The number of ether oxygens (including phenoxy) is 1. The molecular weight excluding hydrogens is 186 g/mol. The fraction of sp³-hybridized carbons (Fsp3) is 0.385. The van der Waals surface area contributed by atoms with Crippen LogP contribution in [0.5, 0.6) is 0 Å². The van der Waals surface area contributed by atoms with Crippen molar-refractivity contribution in [2.45, 2.75) is 6.92 Å². The number of nitrogens with zero attached hydrogens (tertiary/aromatic N) is 1. The Kier molecular flexibility index (Phi) is 7.13. The molecule has 2 heteroatoms. The Balaban J connectivity index is 4.33. The van der Waals surface area contributed by atoms with Gasteiger partial charge < -0.3 is 9.64 Å². The van der Waals surface area contributed by atoms with E-state index in [-0.39, 0.29) is 0 Å². The van der Waals surface area contributed by atoms with Crippen LogP contribution in [0.3, 0.4) is 0 Å². The number of terminal acetylenes is 1. The maximum atomic E-state index is 5.20. The third-order valence-corrected chi connectivity index (χ3v) is 2.01. The largest absolute Gasteiger partial charge is 0.383 e. The van der Waals surface area contributed by atoms with Gasteiger partial charge in [-0.15, -0.1) is 6.42 Å². The minimum absolute atomic E-state index is 0.675. The highest BCUT2D eigenvalue weighted by atomic mass is 16.5. The highest BCUT2D eigenvalue weighted by Gasteiger charge is 1.98. The maximum absolute atomic E-state index is 5.20. The predicted octanol–water partition coefficient (Wildman–Crippen LogP) is 2.21. The highest BCUT2D eigenvalue weighted by Crippen LogP contribution is 2.04. The minimum Gasteiger partial charge on any atom is -0.383 e. The molecule has 0 aliphatic rings. The summed E-state index contributed by atoms with van der Waals surface area (Å²) in [6.45, 7) is 7.25. The zero-order chi connectivity index (χ0) is 11.7. The number of hydrogen-bond acceptors (Lipinski definition) is 2. The number of methoxy groups -OCH3 is 1. The van der Waals surface area contributed by atoms with Crippen molar-refractivity contribution in [1.82, 2.24) is 4.90 Å². The first-order chi connectivity index (χ1) is 7.15. The van der Waals surface area contributed by atoms with Gasteiger partial charge in [0.05, 0.1) is 6.61 Å². The third kappa shape index (κ3) is 5.77. The van der Waals surface area contributed by atoms with Crippen LogP contribution >= 0.6 is 0 Å². The average Bonchev–Trinajstić information content (AvgIpc) is 2.26. The van der Waals surface area contributed by atoms with Crippen molar-refractivity contribution in [3.8, 4) is 12.3 Å². The highest BCUT2D eigenvalue weighted by molar-refractivity contribution is 5.36. The summed E-state index contributed by atoms with van der Waals surface area (Å²) < 4.78 is 5.01. The quantitative estimate of drug-likeness (QED) is 0.487. The topological polar surface area (TPSA) is 12.5 Å². The maximum Gasteiger partial charge on any atom is 0.0637 e. The van der Waals surface area contributed by atoms with Gasteiger partial charge in [0.15, 0.2) is 0 Å². The van der Waals surface area contributed by atoms with Crippen LogP contribution in [0.4, 0.5) is 0 Å². The molecule has 2 nitrogen and oxygen atoms in total. The van der Waals surface area contributed by atoms with Crippen molar-refractivity contribution in [3.05, 3.63) is 36.1 Å². The number of rotatable bonds is 6. The van der Waals surface area contributed by atoms with Crippen molar-refractivity contribution >= 4 is 0 Å². The molecule has 0 aliphatic heterocycles. The van der Waals surface area contributed by atoms with E-state index in [2.05, 4.69) is 17.4 Å². The fourth-order valence-corrected chi connectivity index (χ4v) is 1.04. The van der Waals surface area contributed by atoms with Crippen LogP contribution < -0.4 is 0 Å². The lowest BCUT2D eigenvalue weighted by Crippen LogP contribution is -2.21. The van der Waals surface area contributed by atoms with Crippen LogP contribution in [0.2, 0.25) is 0 Å². The molecule has 82 valence electrons. The lowest BCUT2D eigenvalue weighted by Gasteiger charge is -2.19. The van der Waals surface area contributed by atoms with E-state index in [0.717, 1.165) is 12.2 Å². The van der Waals surface area contributed by atoms with Gasteiger partial charge in [0, 0.05) is 32.0 Å². The number of hydrogen-bond donors (Lipinski definition) is 0. The van der Waals surface area contributed by atoms with Crippen LogP contribution in [0, 0.1) is 12.3 Å². The molecule has 0 saturated heterocycles. The first kappa shape index (κ1) is 13.5.